The molecule has 2 N–H and O–H groups in total. The molecule has 0 heterocycles. The van der Waals surface area contributed by atoms with Gasteiger partial charge in [0.2, 0.25) is 0 Å². The van der Waals surface area contributed by atoms with Gasteiger partial charge in [0.15, 0.2) is 0 Å². The van der Waals surface area contributed by atoms with Gasteiger partial charge in [0, 0.05) is 23.6 Å². The second kappa shape index (κ2) is 8.01. The monoisotopic (exact) mass is 284 g/mol. The molecule has 0 bridgehead atoms. The Morgan fingerprint density at radius 3 is 2.84 bits per heavy atom. The van der Waals surface area contributed by atoms with E-state index >= 15 is 0 Å². The molecule has 0 radical (unpaired) electrons. The van der Waals surface area contributed by atoms with E-state index in [1.165, 1.54) is 6.07 Å². The van der Waals surface area contributed by atoms with Crippen molar-refractivity contribution in [1.82, 2.24) is 0 Å². The number of rotatable bonds is 8. The first-order valence-electron chi connectivity index (χ1n) is 6.32. The molecule has 6 heteroatoms. The summed E-state index contributed by atoms with van der Waals surface area (Å²) in [7, 11) is 0. The topological polar surface area (TPSA) is 75.4 Å². The lowest BCUT2D eigenvalue weighted by Gasteiger charge is -2.10. The summed E-state index contributed by atoms with van der Waals surface area (Å²) in [4.78, 5) is 10.6. The smallest absolute Gasteiger partial charge is 0.292 e. The van der Waals surface area contributed by atoms with E-state index < -0.39 is 0 Å². The Balaban J connectivity index is 2.81. The molecule has 1 atom stereocenters. The van der Waals surface area contributed by atoms with Crippen LogP contribution in [0, 0.1) is 10.1 Å². The van der Waals surface area contributed by atoms with E-state index in [0.29, 0.717) is 12.2 Å². The summed E-state index contributed by atoms with van der Waals surface area (Å²) in [6.45, 7) is 4.82. The molecule has 0 aliphatic heterocycles. The summed E-state index contributed by atoms with van der Waals surface area (Å²) in [5.74, 6) is 0.737. The number of aliphatic hydroxyl groups is 1. The normalized spacial score (nSPS) is 12.2. The van der Waals surface area contributed by atoms with E-state index in [9.17, 15) is 10.1 Å². The first-order valence-corrected chi connectivity index (χ1v) is 7.37. The van der Waals surface area contributed by atoms with E-state index in [4.69, 9.17) is 5.11 Å². The first-order chi connectivity index (χ1) is 9.08. The summed E-state index contributed by atoms with van der Waals surface area (Å²) < 4.78 is 0. The Kier molecular flexibility index (Phi) is 6.66. The average Bonchev–Trinajstić information content (AvgIpc) is 2.42. The lowest BCUT2D eigenvalue weighted by atomic mass is 10.2. The van der Waals surface area contributed by atoms with Gasteiger partial charge in [-0.1, -0.05) is 19.9 Å². The van der Waals surface area contributed by atoms with E-state index in [-0.39, 0.29) is 22.5 Å². The van der Waals surface area contributed by atoms with Crippen LogP contribution < -0.4 is 5.32 Å². The fraction of sp³-hybridized carbons (Fsp3) is 0.538. The number of hydrogen-bond acceptors (Lipinski definition) is 5. The molecule has 19 heavy (non-hydrogen) atoms. The van der Waals surface area contributed by atoms with Gasteiger partial charge in [-0.2, -0.15) is 11.8 Å². The van der Waals surface area contributed by atoms with Crippen LogP contribution in [-0.2, 0) is 5.75 Å². The first kappa shape index (κ1) is 15.8. The van der Waals surface area contributed by atoms with Crippen LogP contribution in [0.5, 0.6) is 0 Å². The number of thioether (sulfide) groups is 1. The maximum Gasteiger partial charge on any atom is 0.292 e. The number of nitro groups is 1. The quantitative estimate of drug-likeness (QED) is 0.567. The number of anilines is 1. The molecule has 1 aromatic carbocycles. The molecule has 0 spiro atoms. The third-order valence-corrected chi connectivity index (χ3v) is 3.83. The molecule has 1 rings (SSSR count). The zero-order valence-electron chi connectivity index (χ0n) is 11.3. The fourth-order valence-corrected chi connectivity index (χ4v) is 2.29. The molecular formula is C13H20N2O3S. The van der Waals surface area contributed by atoms with Crippen LogP contribution in [0.25, 0.3) is 0 Å². The number of nitrogens with one attached hydrogen (secondary N) is 1. The highest BCUT2D eigenvalue weighted by Gasteiger charge is 2.14. The predicted molar refractivity (Wildman–Crippen MR) is 79.7 cm³/mol. The minimum Gasteiger partial charge on any atom is -0.395 e. The maximum atomic E-state index is 10.9. The van der Waals surface area contributed by atoms with Gasteiger partial charge in [-0.05, 0) is 18.1 Å². The molecule has 5 nitrogen and oxygen atoms in total. The van der Waals surface area contributed by atoms with Gasteiger partial charge in [-0.15, -0.1) is 0 Å². The van der Waals surface area contributed by atoms with Gasteiger partial charge < -0.3 is 10.4 Å². The van der Waals surface area contributed by atoms with Crippen molar-refractivity contribution < 1.29 is 10.0 Å². The number of hydrogen-bond donors (Lipinski definition) is 2. The highest BCUT2D eigenvalue weighted by atomic mass is 32.2. The van der Waals surface area contributed by atoms with Crippen LogP contribution >= 0.6 is 11.8 Å². The molecule has 0 aromatic heterocycles. The van der Waals surface area contributed by atoms with Crippen molar-refractivity contribution in [2.75, 3.05) is 18.5 Å². The van der Waals surface area contributed by atoms with Gasteiger partial charge in [0.25, 0.3) is 5.69 Å². The second-order valence-corrected chi connectivity index (χ2v) is 5.77. The van der Waals surface area contributed by atoms with Crippen molar-refractivity contribution in [3.05, 3.63) is 33.9 Å². The number of aliphatic hydroxyl groups excluding tert-OH is 1. The minimum absolute atomic E-state index is 0.109. The predicted octanol–water partition coefficient (Wildman–Crippen LogP) is 3.03. The van der Waals surface area contributed by atoms with Gasteiger partial charge in [-0.3, -0.25) is 10.1 Å². The van der Waals surface area contributed by atoms with Gasteiger partial charge in [0.05, 0.1) is 11.5 Å². The number of nitro benzene ring substituents is 1. The summed E-state index contributed by atoms with van der Waals surface area (Å²) in [5, 5.41) is 23.2. The van der Waals surface area contributed by atoms with Crippen LogP contribution in [0.4, 0.5) is 11.4 Å². The zero-order valence-corrected chi connectivity index (χ0v) is 12.1. The fourth-order valence-electron chi connectivity index (χ4n) is 1.52. The van der Waals surface area contributed by atoms with E-state index in [1.807, 2.05) is 19.9 Å². The highest BCUT2D eigenvalue weighted by Crippen LogP contribution is 2.28. The van der Waals surface area contributed by atoms with Crippen LogP contribution in [0.1, 0.15) is 25.8 Å². The molecular weight excluding hydrogens is 264 g/mol. The molecule has 1 unspecified atom stereocenters. The number of nitrogens with zero attached hydrogens (tertiary/aromatic N) is 1. The minimum atomic E-state index is -0.370. The Hall–Kier alpha value is -1.27. The largest absolute Gasteiger partial charge is 0.395 e. The Morgan fingerprint density at radius 1 is 1.53 bits per heavy atom. The van der Waals surface area contributed by atoms with Gasteiger partial charge in [0.1, 0.15) is 5.69 Å². The molecule has 106 valence electrons. The SMILES string of the molecule is CCCNc1cc(CSC(C)CO)ccc1[N+](=O)[O-]. The second-order valence-electron chi connectivity index (χ2n) is 4.34. The summed E-state index contributed by atoms with van der Waals surface area (Å²) in [6, 6.07) is 5.13. The van der Waals surface area contributed by atoms with Gasteiger partial charge in [-0.25, -0.2) is 0 Å². The molecule has 0 saturated carbocycles. The third-order valence-electron chi connectivity index (χ3n) is 2.61. The Labute approximate surface area is 117 Å². The van der Waals surface area contributed by atoms with Gasteiger partial charge >= 0.3 is 0 Å². The Morgan fingerprint density at radius 2 is 2.26 bits per heavy atom. The molecule has 0 aliphatic carbocycles. The summed E-state index contributed by atoms with van der Waals surface area (Å²) in [5.41, 5.74) is 1.70. The lowest BCUT2D eigenvalue weighted by Crippen LogP contribution is -2.05. The van der Waals surface area contributed by atoms with Crippen LogP contribution in [0.15, 0.2) is 18.2 Å². The molecule has 1 aromatic rings. The van der Waals surface area contributed by atoms with Crippen LogP contribution in [0.2, 0.25) is 0 Å². The third kappa shape index (κ3) is 5.08. The maximum absolute atomic E-state index is 10.9. The van der Waals surface area contributed by atoms with E-state index in [2.05, 4.69) is 5.32 Å². The van der Waals surface area contributed by atoms with Crippen molar-refractivity contribution in [3.8, 4) is 0 Å². The molecule has 0 amide bonds. The van der Waals surface area contributed by atoms with Crippen molar-refractivity contribution in [3.63, 3.8) is 0 Å². The van der Waals surface area contributed by atoms with Crippen molar-refractivity contribution in [2.45, 2.75) is 31.3 Å². The molecule has 0 saturated heterocycles. The van der Waals surface area contributed by atoms with Crippen LogP contribution in [-0.4, -0.2) is 28.4 Å². The summed E-state index contributed by atoms with van der Waals surface area (Å²) >= 11 is 1.63. The average molecular weight is 284 g/mol. The number of benzene rings is 1. The molecule has 0 fully saturated rings. The highest BCUT2D eigenvalue weighted by molar-refractivity contribution is 7.99. The van der Waals surface area contributed by atoms with Crippen molar-refractivity contribution in [1.29, 1.82) is 0 Å². The van der Waals surface area contributed by atoms with Crippen molar-refractivity contribution in [2.24, 2.45) is 0 Å². The standard InChI is InChI=1S/C13H20N2O3S/c1-3-6-14-12-7-11(9-19-10(2)8-16)4-5-13(12)15(17)18/h4-5,7,10,14,16H,3,6,8-9H2,1-2H3. The zero-order chi connectivity index (χ0) is 14.3. The lowest BCUT2D eigenvalue weighted by molar-refractivity contribution is -0.384. The van der Waals surface area contributed by atoms with Crippen LogP contribution in [0.3, 0.4) is 0 Å². The summed E-state index contributed by atoms with van der Waals surface area (Å²) in [6.07, 6.45) is 0.914. The molecule has 0 aliphatic rings. The Bertz CT molecular complexity index is 426. The van der Waals surface area contributed by atoms with Crippen molar-refractivity contribution >= 4 is 23.1 Å². The van der Waals surface area contributed by atoms with E-state index in [1.54, 1.807) is 17.8 Å². The van der Waals surface area contributed by atoms with E-state index in [0.717, 1.165) is 17.7 Å².